The molecule has 7 heteroatoms. The molecular formula is C29H34N2O4S. The highest BCUT2D eigenvalue weighted by Gasteiger charge is 2.26. The number of thiophene rings is 1. The van der Waals surface area contributed by atoms with Gasteiger partial charge in [-0.3, -0.25) is 9.59 Å². The van der Waals surface area contributed by atoms with Gasteiger partial charge in [0.2, 0.25) is 18.6 Å². The molecule has 36 heavy (non-hydrogen) atoms. The monoisotopic (exact) mass is 506 g/mol. The second-order valence-corrected chi connectivity index (χ2v) is 10.2. The number of carbonyl (C=O) groups excluding carboxylic acids is 2. The van der Waals surface area contributed by atoms with Gasteiger partial charge in [0.25, 0.3) is 0 Å². The lowest BCUT2D eigenvalue weighted by molar-refractivity contribution is -0.143. The minimum Gasteiger partial charge on any atom is -0.454 e. The van der Waals surface area contributed by atoms with Crippen LogP contribution in [0.2, 0.25) is 0 Å². The predicted octanol–water partition coefficient (Wildman–Crippen LogP) is 5.57. The van der Waals surface area contributed by atoms with E-state index in [-0.39, 0.29) is 31.2 Å². The zero-order valence-corrected chi connectivity index (χ0v) is 22.1. The third kappa shape index (κ3) is 6.46. The Morgan fingerprint density at radius 1 is 0.972 bits per heavy atom. The Balaban J connectivity index is 1.50. The standard InChI is InChI=1S/C29H34N2O4S/c1-4-22(3)31(28(32)13-11-23-8-6-5-7-9-23)19-29(33)30(18-27-21(2)14-15-36-27)17-24-10-12-25-26(16-24)35-20-34-25/h5-10,12,14-16,22H,4,11,13,17-20H2,1-3H3. The van der Waals surface area contributed by atoms with Gasteiger partial charge in [-0.15, -0.1) is 11.3 Å². The summed E-state index contributed by atoms with van der Waals surface area (Å²) >= 11 is 1.65. The van der Waals surface area contributed by atoms with Gasteiger partial charge < -0.3 is 19.3 Å². The van der Waals surface area contributed by atoms with Crippen LogP contribution in [0.3, 0.4) is 0 Å². The van der Waals surface area contributed by atoms with Crippen LogP contribution in [0.5, 0.6) is 11.5 Å². The minimum atomic E-state index is -0.0613. The summed E-state index contributed by atoms with van der Waals surface area (Å²) in [6.45, 7) is 7.34. The summed E-state index contributed by atoms with van der Waals surface area (Å²) in [4.78, 5) is 31.7. The first-order valence-electron chi connectivity index (χ1n) is 12.5. The van der Waals surface area contributed by atoms with Crippen molar-refractivity contribution >= 4 is 23.2 Å². The average Bonchev–Trinajstić information content (AvgIpc) is 3.53. The molecule has 1 aliphatic rings. The maximum absolute atomic E-state index is 13.7. The second kappa shape index (κ2) is 12.1. The Bertz CT molecular complexity index is 1180. The van der Waals surface area contributed by atoms with E-state index in [0.717, 1.165) is 28.2 Å². The van der Waals surface area contributed by atoms with E-state index < -0.39 is 0 Å². The number of benzene rings is 2. The number of fused-ring (bicyclic) bond motifs is 1. The van der Waals surface area contributed by atoms with Gasteiger partial charge >= 0.3 is 0 Å². The molecule has 4 rings (SSSR count). The Morgan fingerprint density at radius 3 is 2.47 bits per heavy atom. The molecule has 190 valence electrons. The Morgan fingerprint density at radius 2 is 1.75 bits per heavy atom. The van der Waals surface area contributed by atoms with Crippen LogP contribution in [0.25, 0.3) is 0 Å². The highest BCUT2D eigenvalue weighted by Crippen LogP contribution is 2.33. The molecule has 0 fully saturated rings. The fourth-order valence-corrected chi connectivity index (χ4v) is 5.15. The highest BCUT2D eigenvalue weighted by atomic mass is 32.1. The zero-order valence-electron chi connectivity index (χ0n) is 21.2. The molecule has 1 aliphatic heterocycles. The van der Waals surface area contributed by atoms with E-state index >= 15 is 0 Å². The topological polar surface area (TPSA) is 59.1 Å². The molecule has 1 atom stereocenters. The molecule has 0 saturated carbocycles. The van der Waals surface area contributed by atoms with Crippen molar-refractivity contribution in [3.05, 3.63) is 81.5 Å². The maximum atomic E-state index is 13.7. The normalized spacial score (nSPS) is 12.9. The molecule has 1 unspecified atom stereocenters. The molecule has 1 aromatic heterocycles. The molecule has 0 spiro atoms. The zero-order chi connectivity index (χ0) is 25.5. The molecule has 0 radical (unpaired) electrons. The number of rotatable bonds is 11. The van der Waals surface area contributed by atoms with Gasteiger partial charge in [0.15, 0.2) is 11.5 Å². The van der Waals surface area contributed by atoms with E-state index in [1.807, 2.05) is 72.7 Å². The third-order valence-corrected chi connectivity index (χ3v) is 7.69. The SMILES string of the molecule is CCC(C)N(CC(=O)N(Cc1ccc2c(c1)OCO2)Cc1sccc1C)C(=O)CCc1ccccc1. The van der Waals surface area contributed by atoms with Crippen molar-refractivity contribution in [3.63, 3.8) is 0 Å². The van der Waals surface area contributed by atoms with Crippen LogP contribution < -0.4 is 9.47 Å². The number of hydrogen-bond acceptors (Lipinski definition) is 5. The Kier molecular flexibility index (Phi) is 8.65. The van der Waals surface area contributed by atoms with E-state index in [9.17, 15) is 9.59 Å². The second-order valence-electron chi connectivity index (χ2n) is 9.23. The fraction of sp³-hybridized carbons (Fsp3) is 0.379. The third-order valence-electron chi connectivity index (χ3n) is 6.68. The van der Waals surface area contributed by atoms with Gasteiger partial charge in [0.05, 0.1) is 6.54 Å². The van der Waals surface area contributed by atoms with Crippen molar-refractivity contribution in [1.29, 1.82) is 0 Å². The number of ether oxygens (including phenoxy) is 2. The summed E-state index contributed by atoms with van der Waals surface area (Å²) in [6.07, 6.45) is 1.83. The van der Waals surface area contributed by atoms with Crippen LogP contribution in [-0.4, -0.2) is 41.0 Å². The number of carbonyl (C=O) groups is 2. The molecular weight excluding hydrogens is 472 g/mol. The lowest BCUT2D eigenvalue weighted by atomic mass is 10.1. The summed E-state index contributed by atoms with van der Waals surface area (Å²) < 4.78 is 11.0. The van der Waals surface area contributed by atoms with Gasteiger partial charge in [-0.25, -0.2) is 0 Å². The van der Waals surface area contributed by atoms with Crippen molar-refractivity contribution in [2.75, 3.05) is 13.3 Å². The number of nitrogens with zero attached hydrogens (tertiary/aromatic N) is 2. The lowest BCUT2D eigenvalue weighted by Gasteiger charge is -2.31. The summed E-state index contributed by atoms with van der Waals surface area (Å²) in [5.41, 5.74) is 3.26. The summed E-state index contributed by atoms with van der Waals surface area (Å²) in [6, 6.07) is 17.8. The van der Waals surface area contributed by atoms with E-state index in [4.69, 9.17) is 9.47 Å². The van der Waals surface area contributed by atoms with Crippen LogP contribution in [0.1, 0.15) is 48.3 Å². The van der Waals surface area contributed by atoms with Gasteiger partial charge in [-0.1, -0.05) is 43.3 Å². The minimum absolute atomic E-state index is 0.0110. The summed E-state index contributed by atoms with van der Waals surface area (Å²) in [7, 11) is 0. The molecule has 6 nitrogen and oxygen atoms in total. The van der Waals surface area contributed by atoms with E-state index in [0.29, 0.717) is 31.7 Å². The first kappa shape index (κ1) is 25.8. The van der Waals surface area contributed by atoms with Crippen LogP contribution in [0, 0.1) is 6.92 Å². The van der Waals surface area contributed by atoms with Crippen LogP contribution in [0.15, 0.2) is 60.0 Å². The van der Waals surface area contributed by atoms with Crippen molar-refractivity contribution < 1.29 is 19.1 Å². The van der Waals surface area contributed by atoms with Gasteiger partial charge in [0.1, 0.15) is 6.54 Å². The largest absolute Gasteiger partial charge is 0.454 e. The Labute approximate surface area is 217 Å². The van der Waals surface area contributed by atoms with Gasteiger partial charge in [0, 0.05) is 23.9 Å². The lowest BCUT2D eigenvalue weighted by Crippen LogP contribution is -2.46. The Hall–Kier alpha value is -3.32. The predicted molar refractivity (Wildman–Crippen MR) is 142 cm³/mol. The van der Waals surface area contributed by atoms with Crippen LogP contribution in [0.4, 0.5) is 0 Å². The summed E-state index contributed by atoms with van der Waals surface area (Å²) in [5.74, 6) is 1.37. The smallest absolute Gasteiger partial charge is 0.242 e. The van der Waals surface area contributed by atoms with E-state index in [1.54, 1.807) is 16.2 Å². The van der Waals surface area contributed by atoms with Crippen molar-refractivity contribution in [3.8, 4) is 11.5 Å². The van der Waals surface area contributed by atoms with Crippen LogP contribution in [-0.2, 0) is 29.1 Å². The van der Waals surface area contributed by atoms with E-state index in [1.165, 1.54) is 5.56 Å². The molecule has 0 bridgehead atoms. The maximum Gasteiger partial charge on any atom is 0.242 e. The molecule has 3 aromatic rings. The van der Waals surface area contributed by atoms with E-state index in [2.05, 4.69) is 13.0 Å². The molecule has 0 saturated heterocycles. The average molecular weight is 507 g/mol. The number of hydrogen-bond donors (Lipinski definition) is 0. The molecule has 2 amide bonds. The quantitative estimate of drug-likeness (QED) is 0.341. The number of aryl methyl sites for hydroxylation is 2. The number of amides is 2. The molecule has 0 N–H and O–H groups in total. The van der Waals surface area contributed by atoms with Crippen molar-refractivity contribution in [2.45, 2.75) is 59.2 Å². The van der Waals surface area contributed by atoms with Gasteiger partial charge in [-0.2, -0.15) is 0 Å². The fourth-order valence-electron chi connectivity index (χ4n) is 4.23. The molecule has 0 aliphatic carbocycles. The first-order valence-corrected chi connectivity index (χ1v) is 13.3. The highest BCUT2D eigenvalue weighted by molar-refractivity contribution is 7.10. The molecule has 2 aromatic carbocycles. The van der Waals surface area contributed by atoms with Crippen LogP contribution >= 0.6 is 11.3 Å². The summed E-state index contributed by atoms with van der Waals surface area (Å²) in [5, 5.41) is 2.05. The van der Waals surface area contributed by atoms with Crippen molar-refractivity contribution in [2.24, 2.45) is 0 Å². The van der Waals surface area contributed by atoms with Crippen molar-refractivity contribution in [1.82, 2.24) is 9.80 Å². The van der Waals surface area contributed by atoms with Gasteiger partial charge in [-0.05, 0) is 67.0 Å². The molecule has 2 heterocycles. The first-order chi connectivity index (χ1) is 17.4.